The van der Waals surface area contributed by atoms with Crippen molar-refractivity contribution in [3.63, 3.8) is 0 Å². The monoisotopic (exact) mass is 250 g/mol. The van der Waals surface area contributed by atoms with E-state index in [1.807, 2.05) is 37.3 Å². The smallest absolute Gasteiger partial charge is 0.326 e. The summed E-state index contributed by atoms with van der Waals surface area (Å²) in [6, 6.07) is 7.91. The van der Waals surface area contributed by atoms with Gasteiger partial charge in [0.1, 0.15) is 6.04 Å². The molecule has 0 spiro atoms. The van der Waals surface area contributed by atoms with Crippen molar-refractivity contribution < 1.29 is 14.7 Å². The van der Waals surface area contributed by atoms with Gasteiger partial charge in [-0.25, -0.2) is 9.59 Å². The van der Waals surface area contributed by atoms with Gasteiger partial charge in [0, 0.05) is 12.2 Å². The van der Waals surface area contributed by atoms with E-state index in [1.54, 1.807) is 6.92 Å². The second-order valence-electron chi connectivity index (χ2n) is 3.83. The van der Waals surface area contributed by atoms with Gasteiger partial charge in [-0.3, -0.25) is 4.90 Å². The van der Waals surface area contributed by atoms with Gasteiger partial charge in [0.15, 0.2) is 0 Å². The second-order valence-corrected chi connectivity index (χ2v) is 3.83. The summed E-state index contributed by atoms with van der Waals surface area (Å²) in [5, 5.41) is 11.4. The van der Waals surface area contributed by atoms with Gasteiger partial charge in [-0.2, -0.15) is 0 Å². The molecule has 0 radical (unpaired) electrons. The number of para-hydroxylation sites is 1. The number of carbonyl (C=O) groups is 2. The first-order valence-electron chi connectivity index (χ1n) is 5.96. The van der Waals surface area contributed by atoms with Crippen molar-refractivity contribution >= 4 is 17.7 Å². The molecule has 0 unspecified atom stereocenters. The summed E-state index contributed by atoms with van der Waals surface area (Å²) in [4.78, 5) is 24.4. The van der Waals surface area contributed by atoms with E-state index in [0.29, 0.717) is 13.0 Å². The highest BCUT2D eigenvalue weighted by Gasteiger charge is 2.21. The quantitative estimate of drug-likeness (QED) is 0.840. The Balaban J connectivity index is 2.78. The van der Waals surface area contributed by atoms with Crippen molar-refractivity contribution in [3.8, 4) is 0 Å². The molecular formula is C13H18N2O3. The molecule has 0 aliphatic heterocycles. The Kier molecular flexibility index (Phi) is 5.17. The number of nitrogens with zero attached hydrogens (tertiary/aromatic N) is 1. The lowest BCUT2D eigenvalue weighted by molar-refractivity contribution is -0.139. The number of hydrogen-bond acceptors (Lipinski definition) is 2. The topological polar surface area (TPSA) is 69.6 Å². The molecule has 0 saturated heterocycles. The molecule has 0 heterocycles. The van der Waals surface area contributed by atoms with E-state index in [9.17, 15) is 9.59 Å². The van der Waals surface area contributed by atoms with Crippen LogP contribution >= 0.6 is 0 Å². The Morgan fingerprint density at radius 3 is 2.33 bits per heavy atom. The number of rotatable bonds is 5. The van der Waals surface area contributed by atoms with Crippen molar-refractivity contribution in [1.82, 2.24) is 5.32 Å². The van der Waals surface area contributed by atoms with Gasteiger partial charge >= 0.3 is 12.0 Å². The molecule has 18 heavy (non-hydrogen) atoms. The molecule has 2 amide bonds. The molecule has 0 saturated carbocycles. The van der Waals surface area contributed by atoms with Crippen LogP contribution < -0.4 is 10.2 Å². The lowest BCUT2D eigenvalue weighted by Gasteiger charge is -2.23. The minimum atomic E-state index is -1.02. The Morgan fingerprint density at radius 1 is 1.28 bits per heavy atom. The van der Waals surface area contributed by atoms with Gasteiger partial charge in [-0.05, 0) is 25.5 Å². The number of aliphatic carboxylic acids is 1. The van der Waals surface area contributed by atoms with Crippen molar-refractivity contribution in [2.75, 3.05) is 11.4 Å². The fraction of sp³-hybridized carbons (Fsp3) is 0.385. The van der Waals surface area contributed by atoms with Crippen LogP contribution in [0.25, 0.3) is 0 Å². The molecule has 0 aliphatic rings. The number of urea groups is 1. The predicted octanol–water partition coefficient (Wildman–Crippen LogP) is 2.09. The van der Waals surface area contributed by atoms with E-state index in [2.05, 4.69) is 5.32 Å². The van der Waals surface area contributed by atoms with Crippen molar-refractivity contribution in [2.24, 2.45) is 0 Å². The summed E-state index contributed by atoms with van der Waals surface area (Å²) >= 11 is 0. The number of hydrogen-bond donors (Lipinski definition) is 2. The van der Waals surface area contributed by atoms with Crippen LogP contribution in [0, 0.1) is 0 Å². The molecule has 98 valence electrons. The lowest BCUT2D eigenvalue weighted by atomic mass is 10.2. The van der Waals surface area contributed by atoms with Crippen LogP contribution in [0.15, 0.2) is 30.3 Å². The van der Waals surface area contributed by atoms with Crippen LogP contribution in [0.1, 0.15) is 20.3 Å². The maximum absolute atomic E-state index is 12.0. The minimum Gasteiger partial charge on any atom is -0.480 e. The first-order valence-corrected chi connectivity index (χ1v) is 5.96. The highest BCUT2D eigenvalue weighted by atomic mass is 16.4. The number of nitrogens with one attached hydrogen (secondary N) is 1. The SMILES string of the molecule is CC[C@@H](NC(=O)N(CC)c1ccccc1)C(=O)O. The third-order valence-corrected chi connectivity index (χ3v) is 2.63. The standard InChI is InChI=1S/C13H18N2O3/c1-3-11(12(16)17)14-13(18)15(4-2)10-8-6-5-7-9-10/h5-9,11H,3-4H2,1-2H3,(H,14,18)(H,16,17)/t11-/m1/s1. The number of carboxylic acids is 1. The fourth-order valence-corrected chi connectivity index (χ4v) is 1.62. The summed E-state index contributed by atoms with van der Waals surface area (Å²) in [6.07, 6.45) is 0.355. The predicted molar refractivity (Wildman–Crippen MR) is 69.7 cm³/mol. The number of anilines is 1. The molecule has 5 nitrogen and oxygen atoms in total. The molecule has 1 rings (SSSR count). The average Bonchev–Trinajstić information content (AvgIpc) is 2.37. The number of benzene rings is 1. The molecule has 0 aliphatic carbocycles. The van der Waals surface area contributed by atoms with E-state index in [4.69, 9.17) is 5.11 Å². The highest BCUT2D eigenvalue weighted by molar-refractivity contribution is 5.94. The second kappa shape index (κ2) is 6.64. The Morgan fingerprint density at radius 2 is 1.89 bits per heavy atom. The first kappa shape index (κ1) is 14.0. The van der Waals surface area contributed by atoms with E-state index in [-0.39, 0.29) is 0 Å². The summed E-state index contributed by atoms with van der Waals surface area (Å²) < 4.78 is 0. The van der Waals surface area contributed by atoms with Gasteiger partial charge in [0.2, 0.25) is 0 Å². The van der Waals surface area contributed by atoms with Gasteiger partial charge in [-0.1, -0.05) is 25.1 Å². The number of amides is 2. The normalized spacial score (nSPS) is 11.7. The third kappa shape index (κ3) is 3.48. The molecule has 0 aromatic heterocycles. The zero-order chi connectivity index (χ0) is 13.5. The molecule has 5 heteroatoms. The van der Waals surface area contributed by atoms with Crippen LogP contribution in [0.3, 0.4) is 0 Å². The van der Waals surface area contributed by atoms with Gasteiger partial charge in [-0.15, -0.1) is 0 Å². The minimum absolute atomic E-state index is 0.355. The summed E-state index contributed by atoms with van der Waals surface area (Å²) in [5.41, 5.74) is 0.748. The maximum atomic E-state index is 12.0. The van der Waals surface area contributed by atoms with E-state index >= 15 is 0 Å². The Bertz CT molecular complexity index is 406. The molecule has 1 aromatic carbocycles. The van der Waals surface area contributed by atoms with Crippen molar-refractivity contribution in [1.29, 1.82) is 0 Å². The average molecular weight is 250 g/mol. The van der Waals surface area contributed by atoms with Crippen LogP contribution in [0.2, 0.25) is 0 Å². The van der Waals surface area contributed by atoms with Crippen molar-refractivity contribution in [2.45, 2.75) is 26.3 Å². The van der Waals surface area contributed by atoms with Crippen LogP contribution in [-0.2, 0) is 4.79 Å². The van der Waals surface area contributed by atoms with Gasteiger partial charge in [0.05, 0.1) is 0 Å². The van der Waals surface area contributed by atoms with Crippen LogP contribution in [0.5, 0.6) is 0 Å². The molecular weight excluding hydrogens is 232 g/mol. The fourth-order valence-electron chi connectivity index (χ4n) is 1.62. The Labute approximate surface area is 106 Å². The Hall–Kier alpha value is -2.04. The first-order chi connectivity index (χ1) is 8.60. The zero-order valence-corrected chi connectivity index (χ0v) is 10.6. The largest absolute Gasteiger partial charge is 0.480 e. The highest BCUT2D eigenvalue weighted by Crippen LogP contribution is 2.13. The zero-order valence-electron chi connectivity index (χ0n) is 10.6. The summed E-state index contributed by atoms with van der Waals surface area (Å²) in [6.45, 7) is 4.04. The molecule has 1 aromatic rings. The van der Waals surface area contributed by atoms with E-state index < -0.39 is 18.0 Å². The summed E-state index contributed by atoms with van der Waals surface area (Å²) in [5.74, 6) is -1.02. The number of carboxylic acid groups (broad SMARTS) is 1. The third-order valence-electron chi connectivity index (χ3n) is 2.63. The van der Waals surface area contributed by atoms with E-state index in [1.165, 1.54) is 4.90 Å². The molecule has 0 fully saturated rings. The van der Waals surface area contributed by atoms with Crippen molar-refractivity contribution in [3.05, 3.63) is 30.3 Å². The number of carbonyl (C=O) groups excluding carboxylic acids is 1. The maximum Gasteiger partial charge on any atom is 0.326 e. The van der Waals surface area contributed by atoms with Crippen LogP contribution in [0.4, 0.5) is 10.5 Å². The molecule has 1 atom stereocenters. The molecule has 2 N–H and O–H groups in total. The molecule has 0 bridgehead atoms. The van der Waals surface area contributed by atoms with Crippen LogP contribution in [-0.4, -0.2) is 29.7 Å². The lowest BCUT2D eigenvalue weighted by Crippen LogP contribution is -2.47. The van der Waals surface area contributed by atoms with Gasteiger partial charge < -0.3 is 10.4 Å². The summed E-state index contributed by atoms with van der Waals surface area (Å²) in [7, 11) is 0. The van der Waals surface area contributed by atoms with E-state index in [0.717, 1.165) is 5.69 Å². The van der Waals surface area contributed by atoms with Gasteiger partial charge in [0.25, 0.3) is 0 Å².